The molecule has 1 atom stereocenters. The van der Waals surface area contributed by atoms with Crippen molar-refractivity contribution < 1.29 is 4.79 Å². The zero-order chi connectivity index (χ0) is 15.8. The lowest BCUT2D eigenvalue weighted by molar-refractivity contribution is 0.0599. The third-order valence-corrected chi connectivity index (χ3v) is 5.80. The van der Waals surface area contributed by atoms with Crippen LogP contribution in [0.3, 0.4) is 0 Å². The maximum Gasteiger partial charge on any atom is 0.264 e. The molecule has 2 aromatic heterocycles. The van der Waals surface area contributed by atoms with Gasteiger partial charge in [-0.1, -0.05) is 0 Å². The van der Waals surface area contributed by atoms with Gasteiger partial charge in [0, 0.05) is 18.0 Å². The first-order valence-electron chi connectivity index (χ1n) is 8.47. The van der Waals surface area contributed by atoms with Crippen molar-refractivity contribution in [1.29, 1.82) is 0 Å². The summed E-state index contributed by atoms with van der Waals surface area (Å²) in [5.41, 5.74) is 0. The molecular weight excluding hydrogens is 308 g/mol. The Kier molecular flexibility index (Phi) is 3.93. The summed E-state index contributed by atoms with van der Waals surface area (Å²) in [5, 5.41) is 8.50. The van der Waals surface area contributed by atoms with Gasteiger partial charge in [0.05, 0.1) is 10.9 Å². The highest BCUT2D eigenvalue weighted by atomic mass is 32.1. The topological polar surface area (TPSA) is 51.0 Å². The van der Waals surface area contributed by atoms with Crippen molar-refractivity contribution in [3.8, 4) is 0 Å². The molecule has 6 heteroatoms. The molecule has 23 heavy (non-hydrogen) atoms. The number of likely N-dealkylation sites (tertiary alicyclic amines) is 1. The fourth-order valence-electron chi connectivity index (χ4n) is 3.38. The number of carbonyl (C=O) groups excluding carboxylic acids is 1. The Morgan fingerprint density at radius 2 is 2.17 bits per heavy atom. The summed E-state index contributed by atoms with van der Waals surface area (Å²) in [7, 11) is 0. The molecule has 0 unspecified atom stereocenters. The largest absolute Gasteiger partial charge is 0.328 e. The molecule has 0 spiro atoms. The normalized spacial score (nSPS) is 21.6. The van der Waals surface area contributed by atoms with Crippen LogP contribution >= 0.6 is 11.3 Å². The molecule has 0 radical (unpaired) electrons. The lowest BCUT2D eigenvalue weighted by Crippen LogP contribution is -2.39. The number of aromatic nitrogens is 3. The summed E-state index contributed by atoms with van der Waals surface area (Å²) in [5.74, 6) is 1.89. The Morgan fingerprint density at radius 3 is 2.91 bits per heavy atom. The minimum absolute atomic E-state index is 0.0694. The van der Waals surface area contributed by atoms with E-state index in [0.29, 0.717) is 0 Å². The number of piperidine rings is 1. The predicted molar refractivity (Wildman–Crippen MR) is 89.4 cm³/mol. The van der Waals surface area contributed by atoms with Crippen LogP contribution in [0.1, 0.15) is 58.5 Å². The van der Waals surface area contributed by atoms with Gasteiger partial charge in [0.15, 0.2) is 5.82 Å². The van der Waals surface area contributed by atoms with Crippen LogP contribution in [0.15, 0.2) is 18.5 Å². The summed E-state index contributed by atoms with van der Waals surface area (Å²) in [6, 6.07) is 4.04. The fraction of sp³-hybridized carbons (Fsp3) is 0.588. The molecule has 4 rings (SSSR count). The van der Waals surface area contributed by atoms with Gasteiger partial charge in [0.25, 0.3) is 5.91 Å². The van der Waals surface area contributed by atoms with Crippen molar-refractivity contribution >= 4 is 17.2 Å². The molecule has 0 aromatic carbocycles. The van der Waals surface area contributed by atoms with Gasteiger partial charge in [-0.3, -0.25) is 4.79 Å². The van der Waals surface area contributed by atoms with Gasteiger partial charge in [-0.25, -0.2) is 0 Å². The Labute approximate surface area is 140 Å². The molecule has 0 N–H and O–H groups in total. The lowest BCUT2D eigenvalue weighted by Gasteiger charge is -2.35. The Hall–Kier alpha value is -1.69. The van der Waals surface area contributed by atoms with Crippen LogP contribution in [0.5, 0.6) is 0 Å². The molecule has 1 saturated heterocycles. The van der Waals surface area contributed by atoms with Crippen LogP contribution in [-0.2, 0) is 6.54 Å². The van der Waals surface area contributed by atoms with E-state index >= 15 is 0 Å². The highest BCUT2D eigenvalue weighted by Gasteiger charge is 2.33. The lowest BCUT2D eigenvalue weighted by atomic mass is 10.0. The molecular formula is C17H22N4OS. The molecule has 5 nitrogen and oxygen atoms in total. The zero-order valence-electron chi connectivity index (χ0n) is 13.4. The Balaban J connectivity index is 1.60. The molecule has 1 aliphatic heterocycles. The third-order valence-electron chi connectivity index (χ3n) is 4.81. The van der Waals surface area contributed by atoms with Gasteiger partial charge in [-0.05, 0) is 57.1 Å². The van der Waals surface area contributed by atoms with Crippen LogP contribution in [0, 0.1) is 12.8 Å². The van der Waals surface area contributed by atoms with Crippen molar-refractivity contribution in [1.82, 2.24) is 19.7 Å². The average molecular weight is 330 g/mol. The SMILES string of the molecule is Cc1ccc(C(=O)N2CCCC[C@H]2c2nncn2CC2CC2)s1. The minimum atomic E-state index is 0.0694. The van der Waals surface area contributed by atoms with E-state index in [-0.39, 0.29) is 11.9 Å². The number of thiophene rings is 1. The second kappa shape index (κ2) is 6.07. The molecule has 1 saturated carbocycles. The third kappa shape index (κ3) is 3.04. The van der Waals surface area contributed by atoms with E-state index in [1.54, 1.807) is 11.3 Å². The molecule has 122 valence electrons. The summed E-state index contributed by atoms with van der Waals surface area (Å²) >= 11 is 1.58. The highest BCUT2D eigenvalue weighted by molar-refractivity contribution is 7.13. The molecule has 2 aliphatic rings. The second-order valence-electron chi connectivity index (χ2n) is 6.71. The smallest absolute Gasteiger partial charge is 0.264 e. The monoisotopic (exact) mass is 330 g/mol. The average Bonchev–Trinajstić information content (AvgIpc) is 3.07. The quantitative estimate of drug-likeness (QED) is 0.863. The van der Waals surface area contributed by atoms with Crippen molar-refractivity contribution in [3.05, 3.63) is 34.0 Å². The van der Waals surface area contributed by atoms with Crippen LogP contribution in [0.2, 0.25) is 0 Å². The molecule has 0 bridgehead atoms. The number of carbonyl (C=O) groups is 1. The van der Waals surface area contributed by atoms with Crippen molar-refractivity contribution in [2.24, 2.45) is 5.92 Å². The highest BCUT2D eigenvalue weighted by Crippen LogP contribution is 2.35. The maximum atomic E-state index is 12.9. The predicted octanol–water partition coefficient (Wildman–Crippen LogP) is 3.43. The molecule has 1 aliphatic carbocycles. The van der Waals surface area contributed by atoms with E-state index in [9.17, 15) is 4.79 Å². The first kappa shape index (κ1) is 14.9. The van der Waals surface area contributed by atoms with E-state index in [1.807, 2.05) is 30.3 Å². The Bertz CT molecular complexity index is 703. The van der Waals surface area contributed by atoms with Crippen molar-refractivity contribution in [2.45, 2.75) is 51.6 Å². The summed E-state index contributed by atoms with van der Waals surface area (Å²) in [4.78, 5) is 17.0. The first-order valence-corrected chi connectivity index (χ1v) is 9.29. The van der Waals surface area contributed by atoms with E-state index in [4.69, 9.17) is 0 Å². The number of hydrogen-bond donors (Lipinski definition) is 0. The number of amides is 1. The zero-order valence-corrected chi connectivity index (χ0v) is 14.3. The number of nitrogens with zero attached hydrogens (tertiary/aromatic N) is 4. The van der Waals surface area contributed by atoms with Crippen LogP contribution in [0.4, 0.5) is 0 Å². The maximum absolute atomic E-state index is 12.9. The van der Waals surface area contributed by atoms with Crippen LogP contribution in [0.25, 0.3) is 0 Å². The number of hydrogen-bond acceptors (Lipinski definition) is 4. The van der Waals surface area contributed by atoms with Gasteiger partial charge < -0.3 is 9.47 Å². The van der Waals surface area contributed by atoms with Gasteiger partial charge in [0.2, 0.25) is 0 Å². The summed E-state index contributed by atoms with van der Waals surface area (Å²) in [6.07, 6.45) is 7.65. The van der Waals surface area contributed by atoms with E-state index in [1.165, 1.54) is 17.7 Å². The van der Waals surface area contributed by atoms with Crippen molar-refractivity contribution in [2.75, 3.05) is 6.54 Å². The first-order chi connectivity index (χ1) is 11.2. The van der Waals surface area contributed by atoms with Crippen molar-refractivity contribution in [3.63, 3.8) is 0 Å². The van der Waals surface area contributed by atoms with E-state index in [2.05, 4.69) is 14.8 Å². The number of aryl methyl sites for hydroxylation is 1. The van der Waals surface area contributed by atoms with Crippen LogP contribution < -0.4 is 0 Å². The second-order valence-corrected chi connectivity index (χ2v) is 7.99. The van der Waals surface area contributed by atoms with Crippen LogP contribution in [-0.4, -0.2) is 32.1 Å². The molecule has 2 fully saturated rings. The summed E-state index contributed by atoms with van der Waals surface area (Å²) in [6.45, 7) is 3.86. The molecule has 2 aromatic rings. The minimum Gasteiger partial charge on any atom is -0.328 e. The number of rotatable bonds is 4. The Morgan fingerprint density at radius 1 is 1.30 bits per heavy atom. The summed E-state index contributed by atoms with van der Waals surface area (Å²) < 4.78 is 2.17. The molecule has 1 amide bonds. The van der Waals surface area contributed by atoms with E-state index in [0.717, 1.165) is 49.0 Å². The van der Waals surface area contributed by atoms with Gasteiger partial charge in [0.1, 0.15) is 6.33 Å². The van der Waals surface area contributed by atoms with Gasteiger partial charge in [-0.2, -0.15) is 0 Å². The molecule has 3 heterocycles. The van der Waals surface area contributed by atoms with Gasteiger partial charge in [-0.15, -0.1) is 21.5 Å². The van der Waals surface area contributed by atoms with Gasteiger partial charge >= 0.3 is 0 Å². The fourth-order valence-corrected chi connectivity index (χ4v) is 4.20. The van der Waals surface area contributed by atoms with E-state index < -0.39 is 0 Å². The standard InChI is InChI=1S/C17H22N4OS/c1-12-5-8-15(23-12)17(22)21-9-3-2-4-14(21)16-19-18-11-20(16)10-13-6-7-13/h5,8,11,13-14H,2-4,6-7,9-10H2,1H3/t14-/m0/s1.